The Hall–Kier alpha value is -0.590. The first-order chi connectivity index (χ1) is 7.15. The van der Waals surface area contributed by atoms with Crippen LogP contribution in [0.5, 0.6) is 0 Å². The summed E-state index contributed by atoms with van der Waals surface area (Å²) in [7, 11) is 0. The number of halogens is 6. The summed E-state index contributed by atoms with van der Waals surface area (Å²) >= 11 is -0.776. The van der Waals surface area contributed by atoms with Crippen molar-refractivity contribution < 1.29 is 26.3 Å². The minimum Gasteiger partial charge on any atom is -0.210 e. The first-order valence-corrected chi connectivity index (χ1v) is 5.16. The lowest BCUT2D eigenvalue weighted by Gasteiger charge is -2.24. The van der Waals surface area contributed by atoms with Gasteiger partial charge in [0, 0.05) is 13.3 Å². The summed E-state index contributed by atoms with van der Waals surface area (Å²) in [4.78, 5) is -1.03. The van der Waals surface area contributed by atoms with Crippen molar-refractivity contribution in [1.29, 1.82) is 0 Å². The summed E-state index contributed by atoms with van der Waals surface area (Å²) in [5, 5.41) is -4.54. The normalized spacial score (nSPS) is 18.8. The number of allylic oxidation sites excluding steroid dienone is 3. The van der Waals surface area contributed by atoms with Crippen LogP contribution in [0.1, 0.15) is 19.8 Å². The van der Waals surface area contributed by atoms with Crippen molar-refractivity contribution >= 4 is 11.8 Å². The molecule has 0 unspecified atom stereocenters. The number of hydrogen-bond acceptors (Lipinski definition) is 1. The van der Waals surface area contributed by atoms with E-state index in [0.717, 1.165) is 6.08 Å². The molecular formula is C9H8F6S. The van der Waals surface area contributed by atoms with E-state index < -0.39 is 39.5 Å². The Bertz CT molecular complexity index is 338. The van der Waals surface area contributed by atoms with Gasteiger partial charge in [0.2, 0.25) is 0 Å². The summed E-state index contributed by atoms with van der Waals surface area (Å²) in [6.07, 6.45) is 0.687. The fraction of sp³-hybridized carbons (Fsp3) is 0.556. The van der Waals surface area contributed by atoms with Crippen LogP contribution in [0.4, 0.5) is 26.3 Å². The smallest absolute Gasteiger partial charge is 0.210 e. The van der Waals surface area contributed by atoms with E-state index in [9.17, 15) is 26.3 Å². The molecule has 92 valence electrons. The number of rotatable bonds is 3. The second-order valence-corrected chi connectivity index (χ2v) is 4.46. The van der Waals surface area contributed by atoms with Crippen LogP contribution in [-0.4, -0.2) is 11.2 Å². The van der Waals surface area contributed by atoms with E-state index in [1.165, 1.54) is 0 Å². The van der Waals surface area contributed by atoms with Gasteiger partial charge in [0.1, 0.15) is 11.7 Å². The van der Waals surface area contributed by atoms with E-state index in [1.807, 2.05) is 0 Å². The molecule has 0 saturated carbocycles. The molecule has 0 aliphatic heterocycles. The number of thioether (sulfide) groups is 1. The first kappa shape index (κ1) is 13.5. The van der Waals surface area contributed by atoms with Crippen molar-refractivity contribution in [3.05, 3.63) is 22.6 Å². The molecule has 0 fully saturated rings. The molecule has 7 heteroatoms. The predicted octanol–water partition coefficient (Wildman–Crippen LogP) is 4.80. The SMILES string of the molecule is CC(F)(F)C(F)(F)SC1=C(F)CCC=C1F. The van der Waals surface area contributed by atoms with Crippen LogP contribution in [0.15, 0.2) is 22.6 Å². The summed E-state index contributed by atoms with van der Waals surface area (Å²) in [5.74, 6) is -6.67. The Kier molecular flexibility index (Phi) is 3.66. The fourth-order valence-electron chi connectivity index (χ4n) is 0.983. The van der Waals surface area contributed by atoms with Crippen LogP contribution >= 0.6 is 11.8 Å². The quantitative estimate of drug-likeness (QED) is 0.658. The maximum Gasteiger partial charge on any atom is 0.360 e. The van der Waals surface area contributed by atoms with Gasteiger partial charge in [0.05, 0.1) is 4.91 Å². The van der Waals surface area contributed by atoms with Gasteiger partial charge < -0.3 is 0 Å². The monoisotopic (exact) mass is 262 g/mol. The third kappa shape index (κ3) is 2.75. The summed E-state index contributed by atoms with van der Waals surface area (Å²) in [6.45, 7) is 0.00289. The van der Waals surface area contributed by atoms with Crippen molar-refractivity contribution in [3.63, 3.8) is 0 Å². The van der Waals surface area contributed by atoms with Crippen molar-refractivity contribution in [2.24, 2.45) is 0 Å². The van der Waals surface area contributed by atoms with Gasteiger partial charge in [0.25, 0.3) is 0 Å². The predicted molar refractivity (Wildman–Crippen MR) is 49.7 cm³/mol. The van der Waals surface area contributed by atoms with Gasteiger partial charge in [-0.1, -0.05) is 0 Å². The van der Waals surface area contributed by atoms with E-state index in [4.69, 9.17) is 0 Å². The van der Waals surface area contributed by atoms with Crippen LogP contribution in [0.3, 0.4) is 0 Å². The van der Waals surface area contributed by atoms with Crippen LogP contribution in [0, 0.1) is 0 Å². The second-order valence-electron chi connectivity index (χ2n) is 3.33. The van der Waals surface area contributed by atoms with Crippen LogP contribution in [-0.2, 0) is 0 Å². The average Bonchev–Trinajstić information content (AvgIpc) is 2.10. The number of alkyl halides is 4. The molecule has 0 aromatic rings. The molecule has 0 bridgehead atoms. The average molecular weight is 262 g/mol. The topological polar surface area (TPSA) is 0 Å². The Morgan fingerprint density at radius 1 is 1.19 bits per heavy atom. The third-order valence-electron chi connectivity index (χ3n) is 1.89. The second kappa shape index (κ2) is 4.35. The molecule has 0 atom stereocenters. The van der Waals surface area contributed by atoms with E-state index in [2.05, 4.69) is 0 Å². The lowest BCUT2D eigenvalue weighted by atomic mass is 10.2. The lowest BCUT2D eigenvalue weighted by molar-refractivity contribution is -0.137. The highest BCUT2D eigenvalue weighted by Crippen LogP contribution is 2.50. The van der Waals surface area contributed by atoms with E-state index in [1.54, 1.807) is 0 Å². The van der Waals surface area contributed by atoms with Gasteiger partial charge in [-0.05, 0) is 24.3 Å². The highest BCUT2D eigenvalue weighted by atomic mass is 32.2. The molecule has 0 amide bonds. The zero-order chi connectivity index (χ0) is 12.6. The lowest BCUT2D eigenvalue weighted by Crippen LogP contribution is -2.34. The van der Waals surface area contributed by atoms with E-state index in [-0.39, 0.29) is 19.8 Å². The molecule has 0 saturated heterocycles. The minimum absolute atomic E-state index is 0.00289. The molecule has 1 rings (SSSR count). The minimum atomic E-state index is -4.54. The standard InChI is InChI=1S/C9H8F6S/c1-8(12,13)9(14,15)16-7-5(10)3-2-4-6(7)11/h3H,2,4H2,1H3. The molecular weight excluding hydrogens is 254 g/mol. The molecule has 0 heterocycles. The molecule has 0 nitrogen and oxygen atoms in total. The Balaban J connectivity index is 2.93. The highest BCUT2D eigenvalue weighted by molar-refractivity contribution is 8.04. The third-order valence-corrected chi connectivity index (χ3v) is 3.13. The Labute approximate surface area is 92.4 Å². The van der Waals surface area contributed by atoms with Gasteiger partial charge in [-0.2, -0.15) is 17.6 Å². The molecule has 16 heavy (non-hydrogen) atoms. The van der Waals surface area contributed by atoms with E-state index >= 15 is 0 Å². The van der Waals surface area contributed by atoms with Gasteiger partial charge in [-0.25, -0.2) is 8.78 Å². The van der Waals surface area contributed by atoms with Crippen molar-refractivity contribution in [2.45, 2.75) is 30.9 Å². The van der Waals surface area contributed by atoms with Gasteiger partial charge in [-0.15, -0.1) is 0 Å². The van der Waals surface area contributed by atoms with Crippen LogP contribution < -0.4 is 0 Å². The molecule has 1 aliphatic rings. The molecule has 1 aliphatic carbocycles. The molecule has 0 aromatic heterocycles. The van der Waals surface area contributed by atoms with Crippen molar-refractivity contribution in [3.8, 4) is 0 Å². The van der Waals surface area contributed by atoms with Crippen LogP contribution in [0.2, 0.25) is 0 Å². The zero-order valence-corrected chi connectivity index (χ0v) is 8.98. The van der Waals surface area contributed by atoms with Gasteiger partial charge in [-0.3, -0.25) is 0 Å². The molecule has 0 spiro atoms. The molecule has 0 N–H and O–H groups in total. The van der Waals surface area contributed by atoms with Crippen LogP contribution in [0.25, 0.3) is 0 Å². The first-order valence-electron chi connectivity index (χ1n) is 4.34. The van der Waals surface area contributed by atoms with Gasteiger partial charge in [0.15, 0.2) is 0 Å². The zero-order valence-electron chi connectivity index (χ0n) is 8.17. The number of hydrogen-bond donors (Lipinski definition) is 0. The van der Waals surface area contributed by atoms with E-state index in [0.29, 0.717) is 0 Å². The molecule has 0 aromatic carbocycles. The summed E-state index contributed by atoms with van der Waals surface area (Å²) < 4.78 is 76.7. The maximum atomic E-state index is 13.0. The van der Waals surface area contributed by atoms with Crippen molar-refractivity contribution in [2.75, 3.05) is 0 Å². The summed E-state index contributed by atoms with van der Waals surface area (Å²) in [6, 6.07) is 0. The summed E-state index contributed by atoms with van der Waals surface area (Å²) in [5.41, 5.74) is 0. The highest BCUT2D eigenvalue weighted by Gasteiger charge is 2.54. The van der Waals surface area contributed by atoms with Gasteiger partial charge >= 0.3 is 11.2 Å². The molecule has 0 radical (unpaired) electrons. The van der Waals surface area contributed by atoms with Crippen molar-refractivity contribution in [1.82, 2.24) is 0 Å². The Morgan fingerprint density at radius 3 is 2.19 bits per heavy atom. The largest absolute Gasteiger partial charge is 0.360 e. The Morgan fingerprint density at radius 2 is 1.75 bits per heavy atom. The maximum absolute atomic E-state index is 13.0. The fourth-order valence-corrected chi connectivity index (χ4v) is 1.81.